The molecule has 0 aromatic carbocycles. The van der Waals surface area contributed by atoms with Gasteiger partial charge in [-0.05, 0) is 20.8 Å². The molecular weight excluding hydrogens is 298 g/mol. The van der Waals surface area contributed by atoms with Crippen molar-refractivity contribution in [3.8, 4) is 0 Å². The fourth-order valence-corrected chi connectivity index (χ4v) is 4.12. The summed E-state index contributed by atoms with van der Waals surface area (Å²) in [5.41, 5.74) is 0. The van der Waals surface area contributed by atoms with Gasteiger partial charge in [0.1, 0.15) is 6.04 Å². The first-order chi connectivity index (χ1) is 9.76. The first-order valence-electron chi connectivity index (χ1n) is 6.79. The third-order valence-corrected chi connectivity index (χ3v) is 4.85. The van der Waals surface area contributed by atoms with Crippen LogP contribution in [0.25, 0.3) is 0 Å². The van der Waals surface area contributed by atoms with E-state index in [1.54, 1.807) is 23.6 Å². The minimum Gasteiger partial charge on any atom is -0.435 e. The number of rotatable bonds is 4. The number of nitrogens with zero attached hydrogens (tertiary/aromatic N) is 1. The molecule has 118 valence electrons. The Bertz CT molecular complexity index is 466. The number of hydrogen-bond acceptors (Lipinski definition) is 7. The van der Waals surface area contributed by atoms with Crippen LogP contribution in [0.5, 0.6) is 0 Å². The molecule has 0 aliphatic carbocycles. The fourth-order valence-electron chi connectivity index (χ4n) is 2.50. The molecule has 0 spiro atoms. The minimum atomic E-state index is -1.06. The Kier molecular flexibility index (Phi) is 4.36. The van der Waals surface area contributed by atoms with Crippen molar-refractivity contribution < 1.29 is 28.6 Å². The van der Waals surface area contributed by atoms with E-state index in [0.717, 1.165) is 0 Å². The van der Waals surface area contributed by atoms with Gasteiger partial charge in [-0.2, -0.15) is 0 Å². The molecule has 0 aromatic rings. The Morgan fingerprint density at radius 1 is 1.43 bits per heavy atom. The summed E-state index contributed by atoms with van der Waals surface area (Å²) in [5, 5.41) is 0.0336. The maximum Gasteiger partial charge on any atom is 0.511 e. The number of ether oxygens (including phenoxy) is 3. The standard InChI is InChI=1S/C13H19NO6S/c1-5-18-12(17)20-7(2)19-11(16)10-13(3,4)21-9-6-8(15)14(9)10/h7,9-10H,5-6H2,1-4H3. The maximum absolute atomic E-state index is 12.3. The van der Waals surface area contributed by atoms with Crippen LogP contribution in [0, 0.1) is 0 Å². The highest BCUT2D eigenvalue weighted by molar-refractivity contribution is 8.01. The molecule has 21 heavy (non-hydrogen) atoms. The summed E-state index contributed by atoms with van der Waals surface area (Å²) in [5.74, 6) is -0.626. The lowest BCUT2D eigenvalue weighted by Gasteiger charge is -2.37. The number of esters is 1. The average Bonchev–Trinajstić information content (AvgIpc) is 2.55. The second-order valence-corrected chi connectivity index (χ2v) is 7.22. The molecule has 2 rings (SSSR count). The van der Waals surface area contributed by atoms with Gasteiger partial charge in [-0.1, -0.05) is 0 Å². The van der Waals surface area contributed by atoms with Crippen molar-refractivity contribution in [1.29, 1.82) is 0 Å². The summed E-state index contributed by atoms with van der Waals surface area (Å²) in [6, 6.07) is -0.665. The van der Waals surface area contributed by atoms with E-state index in [0.29, 0.717) is 6.42 Å². The van der Waals surface area contributed by atoms with Gasteiger partial charge >= 0.3 is 12.1 Å². The van der Waals surface area contributed by atoms with Crippen molar-refractivity contribution in [2.24, 2.45) is 0 Å². The Morgan fingerprint density at radius 2 is 2.10 bits per heavy atom. The highest BCUT2D eigenvalue weighted by Gasteiger charge is 2.59. The zero-order valence-electron chi connectivity index (χ0n) is 12.5. The van der Waals surface area contributed by atoms with Crippen LogP contribution in [0.1, 0.15) is 34.1 Å². The molecule has 7 nitrogen and oxygen atoms in total. The number of fused-ring (bicyclic) bond motifs is 1. The van der Waals surface area contributed by atoms with Gasteiger partial charge in [0.05, 0.1) is 18.4 Å². The smallest absolute Gasteiger partial charge is 0.435 e. The SMILES string of the molecule is CCOC(=O)OC(C)OC(=O)C1N2C(=O)CC2SC1(C)C. The molecule has 1 amide bonds. The van der Waals surface area contributed by atoms with E-state index >= 15 is 0 Å². The van der Waals surface area contributed by atoms with Crippen molar-refractivity contribution in [3.63, 3.8) is 0 Å². The molecule has 2 saturated heterocycles. The van der Waals surface area contributed by atoms with Gasteiger partial charge in [-0.15, -0.1) is 11.8 Å². The van der Waals surface area contributed by atoms with Gasteiger partial charge in [-0.25, -0.2) is 9.59 Å². The Balaban J connectivity index is 1.96. The van der Waals surface area contributed by atoms with Crippen LogP contribution in [-0.2, 0) is 23.8 Å². The molecule has 0 saturated carbocycles. The molecule has 2 heterocycles. The van der Waals surface area contributed by atoms with E-state index in [2.05, 4.69) is 4.74 Å². The van der Waals surface area contributed by atoms with E-state index in [1.165, 1.54) is 6.92 Å². The van der Waals surface area contributed by atoms with E-state index in [1.807, 2.05) is 13.8 Å². The van der Waals surface area contributed by atoms with Gasteiger partial charge in [0.2, 0.25) is 12.2 Å². The second-order valence-electron chi connectivity index (χ2n) is 5.39. The van der Waals surface area contributed by atoms with E-state index in [4.69, 9.17) is 9.47 Å². The highest BCUT2D eigenvalue weighted by Crippen LogP contribution is 2.50. The van der Waals surface area contributed by atoms with E-state index < -0.39 is 29.2 Å². The lowest BCUT2D eigenvalue weighted by atomic mass is 9.98. The molecule has 8 heteroatoms. The molecular formula is C13H19NO6S. The van der Waals surface area contributed by atoms with Crippen molar-refractivity contribution in [3.05, 3.63) is 0 Å². The molecule has 2 aliphatic rings. The quantitative estimate of drug-likeness (QED) is 0.441. The summed E-state index contributed by atoms with van der Waals surface area (Å²) in [4.78, 5) is 36.7. The first kappa shape index (κ1) is 15.9. The predicted molar refractivity (Wildman–Crippen MR) is 74.4 cm³/mol. The van der Waals surface area contributed by atoms with Gasteiger partial charge in [-0.3, -0.25) is 4.79 Å². The van der Waals surface area contributed by atoms with Crippen LogP contribution < -0.4 is 0 Å². The molecule has 0 aromatic heterocycles. The molecule has 0 radical (unpaired) electrons. The lowest BCUT2D eigenvalue weighted by molar-refractivity contribution is -0.179. The molecule has 3 unspecified atom stereocenters. The van der Waals surface area contributed by atoms with Crippen molar-refractivity contribution in [1.82, 2.24) is 4.90 Å². The average molecular weight is 317 g/mol. The molecule has 0 bridgehead atoms. The summed E-state index contributed by atoms with van der Waals surface area (Å²) in [6.07, 6.45) is -1.50. The number of β-lactam (4-membered cyclic amide) rings is 1. The summed E-state index contributed by atoms with van der Waals surface area (Å²) in [7, 11) is 0. The number of thioether (sulfide) groups is 1. The fraction of sp³-hybridized carbons (Fsp3) is 0.769. The van der Waals surface area contributed by atoms with Gasteiger partial charge in [0.25, 0.3) is 0 Å². The summed E-state index contributed by atoms with van der Waals surface area (Å²) in [6.45, 7) is 7.04. The third kappa shape index (κ3) is 3.09. The summed E-state index contributed by atoms with van der Waals surface area (Å²) < 4.78 is 14.1. The zero-order valence-corrected chi connectivity index (χ0v) is 13.3. The topological polar surface area (TPSA) is 82.1 Å². The van der Waals surface area contributed by atoms with Gasteiger partial charge < -0.3 is 19.1 Å². The van der Waals surface area contributed by atoms with Gasteiger partial charge in [0, 0.05) is 11.7 Å². The van der Waals surface area contributed by atoms with Crippen LogP contribution in [0.15, 0.2) is 0 Å². The van der Waals surface area contributed by atoms with Crippen LogP contribution in [0.3, 0.4) is 0 Å². The number of carbonyl (C=O) groups excluding carboxylic acids is 3. The van der Waals surface area contributed by atoms with Crippen molar-refractivity contribution >= 4 is 29.8 Å². The molecule has 3 atom stereocenters. The second kappa shape index (κ2) is 5.75. The summed E-state index contributed by atoms with van der Waals surface area (Å²) >= 11 is 1.58. The Morgan fingerprint density at radius 3 is 2.67 bits per heavy atom. The largest absolute Gasteiger partial charge is 0.511 e. The number of amides is 1. The van der Waals surface area contributed by atoms with Crippen LogP contribution in [0.2, 0.25) is 0 Å². The molecule has 2 fully saturated rings. The monoisotopic (exact) mass is 317 g/mol. The number of carbonyl (C=O) groups is 3. The van der Waals surface area contributed by atoms with Crippen molar-refractivity contribution in [2.45, 2.75) is 56.6 Å². The van der Waals surface area contributed by atoms with E-state index in [9.17, 15) is 14.4 Å². The first-order valence-corrected chi connectivity index (χ1v) is 7.67. The zero-order chi connectivity index (χ0) is 15.8. The van der Waals surface area contributed by atoms with Gasteiger partial charge in [0.15, 0.2) is 0 Å². The minimum absolute atomic E-state index is 0.0336. The highest BCUT2D eigenvalue weighted by atomic mass is 32.2. The third-order valence-electron chi connectivity index (χ3n) is 3.35. The predicted octanol–water partition coefficient (Wildman–Crippen LogP) is 1.50. The van der Waals surface area contributed by atoms with E-state index in [-0.39, 0.29) is 17.9 Å². The molecule has 2 aliphatic heterocycles. The molecule has 0 N–H and O–H groups in total. The maximum atomic E-state index is 12.3. The van der Waals surface area contributed by atoms with Crippen LogP contribution in [-0.4, -0.2) is 52.0 Å². The number of hydrogen-bond donors (Lipinski definition) is 0. The lowest BCUT2D eigenvalue weighted by Crippen LogP contribution is -2.57. The Labute approximate surface area is 127 Å². The van der Waals surface area contributed by atoms with Crippen LogP contribution >= 0.6 is 11.8 Å². The van der Waals surface area contributed by atoms with Crippen LogP contribution in [0.4, 0.5) is 4.79 Å². The Hall–Kier alpha value is -1.44. The normalized spacial score (nSPS) is 27.4. The van der Waals surface area contributed by atoms with Crippen molar-refractivity contribution in [2.75, 3.05) is 6.61 Å².